The molecule has 3 rings (SSSR count). The lowest BCUT2D eigenvalue weighted by Gasteiger charge is -2.17. The van der Waals surface area contributed by atoms with E-state index in [1.165, 1.54) is 5.56 Å². The van der Waals surface area contributed by atoms with Crippen LogP contribution in [0.3, 0.4) is 0 Å². The zero-order valence-electron chi connectivity index (χ0n) is 18.9. The zero-order chi connectivity index (χ0) is 21.9. The third kappa shape index (κ3) is 7.47. The maximum atomic E-state index is 6.17. The van der Waals surface area contributed by atoms with E-state index in [4.69, 9.17) is 19.2 Å². The smallest absolute Gasteiger partial charge is 0.191 e. The second-order valence-electron chi connectivity index (χ2n) is 7.78. The summed E-state index contributed by atoms with van der Waals surface area (Å²) in [7, 11) is 0. The molecule has 0 bridgehead atoms. The number of hydrogen-bond acceptors (Lipinski definition) is 4. The Hall–Kier alpha value is -2.73. The van der Waals surface area contributed by atoms with E-state index in [1.807, 2.05) is 25.1 Å². The van der Waals surface area contributed by atoms with E-state index in [-0.39, 0.29) is 0 Å². The lowest BCUT2D eigenvalue weighted by Crippen LogP contribution is -2.36. The van der Waals surface area contributed by atoms with Crippen LogP contribution in [0.25, 0.3) is 0 Å². The fourth-order valence-corrected chi connectivity index (χ4v) is 3.46. The van der Waals surface area contributed by atoms with E-state index < -0.39 is 0 Å². The molecule has 0 amide bonds. The molecule has 1 heterocycles. The van der Waals surface area contributed by atoms with Gasteiger partial charge in [0.25, 0.3) is 0 Å². The number of rotatable bonds is 10. The molecule has 1 saturated heterocycles. The lowest BCUT2D eigenvalue weighted by molar-refractivity contribution is 0.166. The molecule has 2 aromatic carbocycles. The van der Waals surface area contributed by atoms with Gasteiger partial charge in [-0.1, -0.05) is 24.3 Å². The van der Waals surface area contributed by atoms with Crippen molar-refractivity contribution in [1.82, 2.24) is 10.6 Å². The number of guanidine groups is 1. The van der Waals surface area contributed by atoms with E-state index in [2.05, 4.69) is 48.7 Å². The van der Waals surface area contributed by atoms with Crippen molar-refractivity contribution in [2.24, 2.45) is 10.9 Å². The fraction of sp³-hybridized carbons (Fsp3) is 0.480. The molecule has 0 aromatic heterocycles. The number of aryl methyl sites for hydroxylation is 1. The standard InChI is InChI=1S/C25H35N3O3/c1-4-26-25(27-15-20-7-6-8-23(14-20)30-5-2)28-16-22-10-9-19(3)13-24(22)31-18-21-11-12-29-17-21/h6-10,13-14,21H,4-5,11-12,15-18H2,1-3H3,(H2,26,27,28). The fourth-order valence-electron chi connectivity index (χ4n) is 3.46. The predicted octanol–water partition coefficient (Wildman–Crippen LogP) is 4.06. The molecule has 0 radical (unpaired) electrons. The van der Waals surface area contributed by atoms with Crippen molar-refractivity contribution in [2.75, 3.05) is 33.0 Å². The minimum Gasteiger partial charge on any atom is -0.494 e. The van der Waals surface area contributed by atoms with Gasteiger partial charge >= 0.3 is 0 Å². The molecule has 2 aromatic rings. The summed E-state index contributed by atoms with van der Waals surface area (Å²) in [5.41, 5.74) is 3.42. The van der Waals surface area contributed by atoms with Crippen LogP contribution < -0.4 is 20.1 Å². The van der Waals surface area contributed by atoms with E-state index >= 15 is 0 Å². The van der Waals surface area contributed by atoms with E-state index in [9.17, 15) is 0 Å². The topological polar surface area (TPSA) is 64.1 Å². The lowest BCUT2D eigenvalue weighted by atomic mass is 10.1. The quantitative estimate of drug-likeness (QED) is 0.444. The van der Waals surface area contributed by atoms with Gasteiger partial charge < -0.3 is 24.8 Å². The van der Waals surface area contributed by atoms with Crippen molar-refractivity contribution in [1.29, 1.82) is 0 Å². The van der Waals surface area contributed by atoms with Crippen LogP contribution in [0, 0.1) is 12.8 Å². The summed E-state index contributed by atoms with van der Waals surface area (Å²) in [6.07, 6.45) is 1.07. The molecule has 0 saturated carbocycles. The Morgan fingerprint density at radius 1 is 1.13 bits per heavy atom. The number of hydrogen-bond donors (Lipinski definition) is 2. The molecular weight excluding hydrogens is 390 g/mol. The Bertz CT molecular complexity index is 848. The van der Waals surface area contributed by atoms with Gasteiger partial charge in [0.15, 0.2) is 5.96 Å². The van der Waals surface area contributed by atoms with Crippen molar-refractivity contribution in [2.45, 2.75) is 40.3 Å². The Kier molecular flexibility index (Phi) is 9.03. The first-order valence-electron chi connectivity index (χ1n) is 11.2. The summed E-state index contributed by atoms with van der Waals surface area (Å²) in [4.78, 5) is 4.74. The van der Waals surface area contributed by atoms with Gasteiger partial charge in [0.1, 0.15) is 11.5 Å². The molecule has 31 heavy (non-hydrogen) atoms. The number of ether oxygens (including phenoxy) is 3. The van der Waals surface area contributed by atoms with Crippen LogP contribution in [0.4, 0.5) is 0 Å². The van der Waals surface area contributed by atoms with Gasteiger partial charge in [0, 0.05) is 31.2 Å². The molecule has 1 aliphatic rings. The van der Waals surface area contributed by atoms with Gasteiger partial charge in [-0.25, -0.2) is 4.99 Å². The van der Waals surface area contributed by atoms with Gasteiger partial charge in [-0.2, -0.15) is 0 Å². The summed E-state index contributed by atoms with van der Waals surface area (Å²) in [6, 6.07) is 14.4. The molecule has 168 valence electrons. The zero-order valence-corrected chi connectivity index (χ0v) is 18.9. The van der Waals surface area contributed by atoms with Crippen LogP contribution in [-0.2, 0) is 17.8 Å². The minimum atomic E-state index is 0.479. The second-order valence-corrected chi connectivity index (χ2v) is 7.78. The maximum absolute atomic E-state index is 6.17. The van der Waals surface area contributed by atoms with Crippen LogP contribution >= 0.6 is 0 Å². The summed E-state index contributed by atoms with van der Waals surface area (Å²) in [5.74, 6) is 3.06. The Balaban J connectivity index is 1.62. The first kappa shape index (κ1) is 22.9. The normalized spacial score (nSPS) is 16.2. The molecule has 0 spiro atoms. The van der Waals surface area contributed by atoms with E-state index in [0.717, 1.165) is 54.8 Å². The van der Waals surface area contributed by atoms with E-state index in [0.29, 0.717) is 32.2 Å². The first-order valence-corrected chi connectivity index (χ1v) is 11.2. The Morgan fingerprint density at radius 2 is 2.03 bits per heavy atom. The largest absolute Gasteiger partial charge is 0.494 e. The summed E-state index contributed by atoms with van der Waals surface area (Å²) >= 11 is 0. The number of nitrogens with one attached hydrogen (secondary N) is 2. The second kappa shape index (κ2) is 12.2. The molecule has 1 fully saturated rings. The first-order chi connectivity index (χ1) is 15.2. The van der Waals surface area contributed by atoms with Crippen molar-refractivity contribution in [3.8, 4) is 11.5 Å². The summed E-state index contributed by atoms with van der Waals surface area (Å²) in [6.45, 7) is 11.1. The molecule has 6 heteroatoms. The highest BCUT2D eigenvalue weighted by atomic mass is 16.5. The summed E-state index contributed by atoms with van der Waals surface area (Å²) < 4.78 is 17.2. The van der Waals surface area contributed by atoms with Crippen molar-refractivity contribution < 1.29 is 14.2 Å². The summed E-state index contributed by atoms with van der Waals surface area (Å²) in [5, 5.41) is 6.76. The number of nitrogens with zero attached hydrogens (tertiary/aromatic N) is 1. The Labute approximate surface area is 186 Å². The highest BCUT2D eigenvalue weighted by Crippen LogP contribution is 2.22. The van der Waals surface area contributed by atoms with Gasteiger partial charge in [-0.3, -0.25) is 0 Å². The molecule has 6 nitrogen and oxygen atoms in total. The third-order valence-electron chi connectivity index (χ3n) is 5.14. The molecule has 2 N–H and O–H groups in total. The van der Waals surface area contributed by atoms with Crippen molar-refractivity contribution in [3.63, 3.8) is 0 Å². The predicted molar refractivity (Wildman–Crippen MR) is 125 cm³/mol. The van der Waals surface area contributed by atoms with Crippen molar-refractivity contribution >= 4 is 5.96 Å². The average molecular weight is 426 g/mol. The monoisotopic (exact) mass is 425 g/mol. The van der Waals surface area contributed by atoms with Crippen molar-refractivity contribution in [3.05, 3.63) is 59.2 Å². The SMILES string of the molecule is CCNC(=NCc1cccc(OCC)c1)NCc1ccc(C)cc1OCC1CCOC1. The molecular formula is C25H35N3O3. The number of aliphatic imine (C=N–C) groups is 1. The van der Waals surface area contributed by atoms with Gasteiger partial charge in [0.2, 0.25) is 0 Å². The molecule has 0 aliphatic carbocycles. The molecule has 1 atom stereocenters. The van der Waals surface area contributed by atoms with Crippen LogP contribution in [0.1, 0.15) is 37.0 Å². The van der Waals surface area contributed by atoms with Crippen LogP contribution in [0.2, 0.25) is 0 Å². The highest BCUT2D eigenvalue weighted by molar-refractivity contribution is 5.79. The molecule has 1 aliphatic heterocycles. The van der Waals surface area contributed by atoms with E-state index in [1.54, 1.807) is 0 Å². The van der Waals surface area contributed by atoms with Crippen LogP contribution in [-0.4, -0.2) is 38.9 Å². The maximum Gasteiger partial charge on any atom is 0.191 e. The molecule has 1 unspecified atom stereocenters. The third-order valence-corrected chi connectivity index (χ3v) is 5.14. The average Bonchev–Trinajstić information content (AvgIpc) is 3.29. The minimum absolute atomic E-state index is 0.479. The van der Waals surface area contributed by atoms with Gasteiger partial charge in [-0.05, 0) is 56.5 Å². The van der Waals surface area contributed by atoms with Gasteiger partial charge in [0.05, 0.1) is 26.4 Å². The van der Waals surface area contributed by atoms with Crippen LogP contribution in [0.5, 0.6) is 11.5 Å². The highest BCUT2D eigenvalue weighted by Gasteiger charge is 2.17. The van der Waals surface area contributed by atoms with Gasteiger partial charge in [-0.15, -0.1) is 0 Å². The van der Waals surface area contributed by atoms with Crippen LogP contribution in [0.15, 0.2) is 47.5 Å². The Morgan fingerprint density at radius 3 is 2.81 bits per heavy atom. The number of benzene rings is 2.